The predicted octanol–water partition coefficient (Wildman–Crippen LogP) is 0.547. The maximum Gasteiger partial charge on any atom is 0.229 e. The van der Waals surface area contributed by atoms with Gasteiger partial charge in [-0.2, -0.15) is 0 Å². The summed E-state index contributed by atoms with van der Waals surface area (Å²) in [6.45, 7) is 3.54. The molecule has 0 saturated carbocycles. The number of aryl methyl sites for hydroxylation is 1. The van der Waals surface area contributed by atoms with Gasteiger partial charge >= 0.3 is 0 Å². The lowest BCUT2D eigenvalue weighted by atomic mass is 10.2. The zero-order chi connectivity index (χ0) is 13.2. The van der Waals surface area contributed by atoms with Crippen LogP contribution in [0.4, 0.5) is 11.4 Å². The molecule has 2 rings (SSSR count). The normalized spacial score (nSPS) is 14.9. The summed E-state index contributed by atoms with van der Waals surface area (Å²) in [7, 11) is -3.27. The third kappa shape index (κ3) is 3.36. The summed E-state index contributed by atoms with van der Waals surface area (Å²) in [5, 5.41) is 6.18. The highest BCUT2D eigenvalue weighted by Crippen LogP contribution is 2.23. The SMILES string of the molecule is Cc1ccc(N=C2NCCN2)cc1NS(C)(=O)=O. The molecule has 6 nitrogen and oxygen atoms in total. The number of benzene rings is 1. The third-order valence-corrected chi connectivity index (χ3v) is 3.06. The van der Waals surface area contributed by atoms with Gasteiger partial charge in [-0.15, -0.1) is 0 Å². The minimum atomic E-state index is -3.27. The Bertz CT molecular complexity index is 573. The monoisotopic (exact) mass is 268 g/mol. The van der Waals surface area contributed by atoms with Crippen molar-refractivity contribution in [3.05, 3.63) is 23.8 Å². The standard InChI is InChI=1S/C11H16N4O2S/c1-8-3-4-9(14-11-12-5-6-13-11)7-10(8)15-18(2,16)17/h3-4,7,15H,5-6H2,1-2H3,(H2,12,13,14). The average Bonchev–Trinajstić information content (AvgIpc) is 2.74. The fourth-order valence-corrected chi connectivity index (χ4v) is 2.24. The molecule has 1 aromatic rings. The second kappa shape index (κ2) is 4.85. The molecule has 1 aromatic carbocycles. The number of rotatable bonds is 3. The molecular weight excluding hydrogens is 252 g/mol. The van der Waals surface area contributed by atoms with E-state index in [-0.39, 0.29) is 0 Å². The Morgan fingerprint density at radius 1 is 1.28 bits per heavy atom. The Morgan fingerprint density at radius 3 is 2.56 bits per heavy atom. The molecule has 18 heavy (non-hydrogen) atoms. The van der Waals surface area contributed by atoms with E-state index in [1.54, 1.807) is 6.07 Å². The number of hydrogen-bond donors (Lipinski definition) is 3. The minimum absolute atomic E-state index is 0.553. The van der Waals surface area contributed by atoms with Crippen molar-refractivity contribution < 1.29 is 8.42 Å². The quantitative estimate of drug-likeness (QED) is 0.747. The van der Waals surface area contributed by atoms with E-state index in [0.717, 1.165) is 24.9 Å². The second-order valence-corrected chi connectivity index (χ2v) is 5.94. The predicted molar refractivity (Wildman–Crippen MR) is 72.7 cm³/mol. The first-order valence-electron chi connectivity index (χ1n) is 5.59. The summed E-state index contributed by atoms with van der Waals surface area (Å²) in [5.41, 5.74) is 2.11. The molecule has 1 saturated heterocycles. The van der Waals surface area contributed by atoms with Crippen LogP contribution < -0.4 is 15.4 Å². The molecule has 7 heteroatoms. The number of aliphatic imine (C=N–C) groups is 1. The number of hydrogen-bond acceptors (Lipinski definition) is 3. The number of nitrogens with zero attached hydrogens (tertiary/aromatic N) is 1. The van der Waals surface area contributed by atoms with Crippen LogP contribution in [0.5, 0.6) is 0 Å². The largest absolute Gasteiger partial charge is 0.354 e. The van der Waals surface area contributed by atoms with Crippen LogP contribution in [-0.2, 0) is 10.0 Å². The molecule has 1 fully saturated rings. The molecule has 0 radical (unpaired) electrons. The maximum atomic E-state index is 11.2. The van der Waals surface area contributed by atoms with Crippen LogP contribution in [0.2, 0.25) is 0 Å². The van der Waals surface area contributed by atoms with Crippen LogP contribution in [0.25, 0.3) is 0 Å². The topological polar surface area (TPSA) is 82.6 Å². The summed E-state index contributed by atoms with van der Waals surface area (Å²) in [5.74, 6) is 0.712. The van der Waals surface area contributed by atoms with Crippen LogP contribution in [0, 0.1) is 6.92 Å². The van der Waals surface area contributed by atoms with E-state index >= 15 is 0 Å². The van der Waals surface area contributed by atoms with Gasteiger partial charge in [0.15, 0.2) is 5.96 Å². The van der Waals surface area contributed by atoms with Crippen molar-refractivity contribution in [3.63, 3.8) is 0 Å². The fraction of sp³-hybridized carbons (Fsp3) is 0.364. The average molecular weight is 268 g/mol. The van der Waals surface area contributed by atoms with Crippen molar-refractivity contribution in [1.82, 2.24) is 10.6 Å². The van der Waals surface area contributed by atoms with E-state index in [1.165, 1.54) is 0 Å². The third-order valence-electron chi connectivity index (χ3n) is 2.47. The molecule has 1 aliphatic rings. The van der Waals surface area contributed by atoms with Gasteiger partial charge in [0.2, 0.25) is 10.0 Å². The van der Waals surface area contributed by atoms with Crippen molar-refractivity contribution in [2.45, 2.75) is 6.92 Å². The van der Waals surface area contributed by atoms with Crippen molar-refractivity contribution >= 4 is 27.4 Å². The van der Waals surface area contributed by atoms with Gasteiger partial charge in [-0.25, -0.2) is 13.4 Å². The molecule has 0 unspecified atom stereocenters. The smallest absolute Gasteiger partial charge is 0.229 e. The molecule has 3 N–H and O–H groups in total. The van der Waals surface area contributed by atoms with Crippen molar-refractivity contribution in [2.75, 3.05) is 24.1 Å². The molecule has 0 amide bonds. The molecule has 1 heterocycles. The summed E-state index contributed by atoms with van der Waals surface area (Å²) >= 11 is 0. The van der Waals surface area contributed by atoms with Crippen molar-refractivity contribution in [3.8, 4) is 0 Å². The zero-order valence-corrected chi connectivity index (χ0v) is 11.1. The first kappa shape index (κ1) is 12.7. The molecule has 0 atom stereocenters. The van der Waals surface area contributed by atoms with Gasteiger partial charge in [0, 0.05) is 13.1 Å². The Labute approximate surface area is 107 Å². The van der Waals surface area contributed by atoms with Gasteiger partial charge in [0.1, 0.15) is 0 Å². The van der Waals surface area contributed by atoms with Crippen LogP contribution in [0.1, 0.15) is 5.56 Å². The summed E-state index contributed by atoms with van der Waals surface area (Å²) < 4.78 is 25.0. The lowest BCUT2D eigenvalue weighted by Crippen LogP contribution is -2.23. The van der Waals surface area contributed by atoms with Gasteiger partial charge < -0.3 is 10.6 Å². The van der Waals surface area contributed by atoms with Crippen LogP contribution in [0.15, 0.2) is 23.2 Å². The van der Waals surface area contributed by atoms with Crippen molar-refractivity contribution in [1.29, 1.82) is 0 Å². The van der Waals surface area contributed by atoms with Gasteiger partial charge in [0.05, 0.1) is 17.6 Å². The van der Waals surface area contributed by atoms with Gasteiger partial charge in [-0.3, -0.25) is 4.72 Å². The van der Waals surface area contributed by atoms with Gasteiger partial charge in [-0.05, 0) is 24.6 Å². The maximum absolute atomic E-state index is 11.2. The van der Waals surface area contributed by atoms with Crippen LogP contribution in [-0.4, -0.2) is 33.7 Å². The molecule has 98 valence electrons. The van der Waals surface area contributed by atoms with E-state index in [9.17, 15) is 8.42 Å². The Kier molecular flexibility index (Phi) is 3.42. The molecule has 0 aliphatic carbocycles. The van der Waals surface area contributed by atoms with E-state index < -0.39 is 10.0 Å². The molecule has 0 bridgehead atoms. The number of sulfonamides is 1. The highest BCUT2D eigenvalue weighted by molar-refractivity contribution is 7.92. The lowest BCUT2D eigenvalue weighted by Gasteiger charge is -2.08. The molecule has 0 aromatic heterocycles. The van der Waals surface area contributed by atoms with Crippen LogP contribution >= 0.6 is 0 Å². The molecular formula is C11H16N4O2S. The van der Waals surface area contributed by atoms with E-state index in [2.05, 4.69) is 20.3 Å². The number of anilines is 1. The van der Waals surface area contributed by atoms with Crippen LogP contribution in [0.3, 0.4) is 0 Å². The zero-order valence-electron chi connectivity index (χ0n) is 10.3. The fourth-order valence-electron chi connectivity index (χ4n) is 1.62. The second-order valence-electron chi connectivity index (χ2n) is 4.19. The summed E-state index contributed by atoms with van der Waals surface area (Å²) in [6.07, 6.45) is 1.13. The molecule has 1 aliphatic heterocycles. The Morgan fingerprint density at radius 2 is 1.94 bits per heavy atom. The van der Waals surface area contributed by atoms with Gasteiger partial charge in [-0.1, -0.05) is 6.07 Å². The lowest BCUT2D eigenvalue weighted by molar-refractivity contribution is 0.607. The van der Waals surface area contributed by atoms with E-state index in [1.807, 2.05) is 19.1 Å². The Balaban J connectivity index is 2.28. The highest BCUT2D eigenvalue weighted by atomic mass is 32.2. The highest BCUT2D eigenvalue weighted by Gasteiger charge is 2.08. The van der Waals surface area contributed by atoms with Crippen molar-refractivity contribution in [2.24, 2.45) is 4.99 Å². The Hall–Kier alpha value is -1.76. The van der Waals surface area contributed by atoms with E-state index in [4.69, 9.17) is 0 Å². The first-order chi connectivity index (χ1) is 8.44. The first-order valence-corrected chi connectivity index (χ1v) is 7.48. The summed E-state index contributed by atoms with van der Waals surface area (Å²) in [4.78, 5) is 4.35. The minimum Gasteiger partial charge on any atom is -0.354 e. The van der Waals surface area contributed by atoms with Gasteiger partial charge in [0.25, 0.3) is 0 Å². The number of guanidine groups is 1. The number of nitrogens with one attached hydrogen (secondary N) is 3. The van der Waals surface area contributed by atoms with E-state index in [0.29, 0.717) is 17.3 Å². The summed E-state index contributed by atoms with van der Waals surface area (Å²) in [6, 6.07) is 5.39. The molecule has 0 spiro atoms.